The summed E-state index contributed by atoms with van der Waals surface area (Å²) in [6.07, 6.45) is 3.85. The Bertz CT molecular complexity index is 477. The van der Waals surface area contributed by atoms with Crippen LogP contribution >= 0.6 is 11.8 Å². The SMILES string of the molecule is C=C(C)C(=C)NCCOCCOCCOCCN(N)/C=C(\N)CN(C)CCSC. The van der Waals surface area contributed by atoms with Gasteiger partial charge in [0.25, 0.3) is 0 Å². The molecule has 0 radical (unpaired) electrons. The van der Waals surface area contributed by atoms with E-state index in [0.717, 1.165) is 29.3 Å². The van der Waals surface area contributed by atoms with Crippen LogP contribution in [0.2, 0.25) is 0 Å². The Morgan fingerprint density at radius 2 is 1.62 bits per heavy atom. The molecule has 0 atom stereocenters. The maximum atomic E-state index is 6.01. The van der Waals surface area contributed by atoms with Crippen LogP contribution in [0.15, 0.2) is 36.3 Å². The van der Waals surface area contributed by atoms with Gasteiger partial charge in [-0.3, -0.25) is 4.90 Å². The lowest BCUT2D eigenvalue weighted by Gasteiger charge is -2.19. The third-order valence-electron chi connectivity index (χ3n) is 3.80. The highest BCUT2D eigenvalue weighted by Crippen LogP contribution is 1.97. The van der Waals surface area contributed by atoms with Gasteiger partial charge in [-0.05, 0) is 25.8 Å². The van der Waals surface area contributed by atoms with Gasteiger partial charge in [-0.15, -0.1) is 0 Å². The third-order valence-corrected chi connectivity index (χ3v) is 4.39. The number of hydrazine groups is 1. The van der Waals surface area contributed by atoms with E-state index in [0.29, 0.717) is 59.3 Å². The molecule has 0 spiro atoms. The normalized spacial score (nSPS) is 11.7. The Labute approximate surface area is 181 Å². The summed E-state index contributed by atoms with van der Waals surface area (Å²) < 4.78 is 16.4. The van der Waals surface area contributed by atoms with E-state index >= 15 is 0 Å². The number of thioether (sulfide) groups is 1. The number of likely N-dealkylation sites (N-methyl/N-ethyl adjacent to an activating group) is 1. The van der Waals surface area contributed by atoms with Gasteiger partial charge in [0.05, 0.1) is 46.2 Å². The number of hydrogen-bond donors (Lipinski definition) is 3. The van der Waals surface area contributed by atoms with Crippen molar-refractivity contribution in [2.75, 3.05) is 84.9 Å². The van der Waals surface area contributed by atoms with E-state index in [9.17, 15) is 0 Å². The summed E-state index contributed by atoms with van der Waals surface area (Å²) in [5.41, 5.74) is 8.52. The largest absolute Gasteiger partial charge is 0.400 e. The summed E-state index contributed by atoms with van der Waals surface area (Å²) in [4.78, 5) is 2.17. The molecule has 0 saturated heterocycles. The number of ether oxygens (including phenoxy) is 3. The van der Waals surface area contributed by atoms with Crippen LogP contribution in [0, 0.1) is 0 Å². The number of nitrogens with two attached hydrogens (primary N) is 2. The number of allylic oxidation sites excluding steroid dienone is 1. The average molecular weight is 432 g/mol. The van der Waals surface area contributed by atoms with E-state index in [2.05, 4.69) is 29.6 Å². The zero-order chi connectivity index (χ0) is 21.9. The quantitative estimate of drug-likeness (QED) is 0.113. The first kappa shape index (κ1) is 27.8. The topological polar surface area (TPSA) is 98.2 Å². The highest BCUT2D eigenvalue weighted by Gasteiger charge is 2.01. The molecule has 0 aliphatic rings. The first-order valence-electron chi connectivity index (χ1n) is 9.83. The molecule has 0 aromatic heterocycles. The molecule has 0 saturated carbocycles. The lowest BCUT2D eigenvalue weighted by atomic mass is 10.3. The average Bonchev–Trinajstić information content (AvgIpc) is 2.66. The number of hydrogen-bond acceptors (Lipinski definition) is 9. The van der Waals surface area contributed by atoms with Crippen molar-refractivity contribution in [2.45, 2.75) is 6.92 Å². The van der Waals surface area contributed by atoms with Gasteiger partial charge in [-0.1, -0.05) is 13.2 Å². The predicted molar refractivity (Wildman–Crippen MR) is 123 cm³/mol. The van der Waals surface area contributed by atoms with Gasteiger partial charge in [0, 0.05) is 43.0 Å². The third kappa shape index (κ3) is 18.5. The Morgan fingerprint density at radius 1 is 1.03 bits per heavy atom. The number of nitrogens with one attached hydrogen (secondary N) is 1. The molecular formula is C20H41N5O3S. The second-order valence-electron chi connectivity index (χ2n) is 6.70. The second-order valence-corrected chi connectivity index (χ2v) is 7.68. The Morgan fingerprint density at radius 3 is 2.21 bits per heavy atom. The Balaban J connectivity index is 3.50. The fraction of sp³-hybridized carbons (Fsp3) is 0.700. The summed E-state index contributed by atoms with van der Waals surface area (Å²) in [5.74, 6) is 7.00. The maximum Gasteiger partial charge on any atom is 0.0701 e. The van der Waals surface area contributed by atoms with Gasteiger partial charge in [-0.2, -0.15) is 11.8 Å². The fourth-order valence-corrected chi connectivity index (χ4v) is 2.59. The lowest BCUT2D eigenvalue weighted by Crippen LogP contribution is -2.33. The van der Waals surface area contributed by atoms with Crippen LogP contribution in [0.25, 0.3) is 0 Å². The molecule has 5 N–H and O–H groups in total. The number of nitrogens with zero attached hydrogens (tertiary/aromatic N) is 2. The minimum atomic E-state index is 0.515. The van der Waals surface area contributed by atoms with Crippen molar-refractivity contribution in [3.8, 4) is 0 Å². The molecule has 0 heterocycles. The smallest absolute Gasteiger partial charge is 0.0701 e. The van der Waals surface area contributed by atoms with E-state index in [-0.39, 0.29) is 0 Å². The Hall–Kier alpha value is -1.23. The van der Waals surface area contributed by atoms with Gasteiger partial charge < -0.3 is 30.3 Å². The van der Waals surface area contributed by atoms with Crippen molar-refractivity contribution < 1.29 is 14.2 Å². The first-order valence-corrected chi connectivity index (χ1v) is 11.2. The molecular weight excluding hydrogens is 390 g/mol. The standard InChI is InChI=1S/C20H41N5O3S/c1-18(2)19(3)23-6-9-26-11-13-28-14-12-27-10-7-25(22)17-20(21)16-24(4)8-15-29-5/h17,23H,1,3,6-16,21-22H2,2,4-5H3/b20-17-. The molecule has 0 fully saturated rings. The molecule has 0 rings (SSSR count). The van der Waals surface area contributed by atoms with Crippen molar-refractivity contribution in [1.82, 2.24) is 15.2 Å². The van der Waals surface area contributed by atoms with Gasteiger partial charge in [0.2, 0.25) is 0 Å². The van der Waals surface area contributed by atoms with E-state index in [1.54, 1.807) is 11.2 Å². The van der Waals surface area contributed by atoms with Crippen LogP contribution in [-0.2, 0) is 14.2 Å². The molecule has 0 aromatic rings. The van der Waals surface area contributed by atoms with Crippen molar-refractivity contribution in [2.24, 2.45) is 11.6 Å². The predicted octanol–water partition coefficient (Wildman–Crippen LogP) is 0.986. The molecule has 0 aliphatic heterocycles. The van der Waals surface area contributed by atoms with Crippen LogP contribution in [0.3, 0.4) is 0 Å². The highest BCUT2D eigenvalue weighted by molar-refractivity contribution is 7.98. The van der Waals surface area contributed by atoms with E-state index in [1.165, 1.54) is 0 Å². The van der Waals surface area contributed by atoms with Crippen molar-refractivity contribution in [3.63, 3.8) is 0 Å². The van der Waals surface area contributed by atoms with Crippen LogP contribution in [0.4, 0.5) is 0 Å². The molecule has 29 heavy (non-hydrogen) atoms. The molecule has 8 nitrogen and oxygen atoms in total. The molecule has 0 amide bonds. The number of rotatable bonds is 20. The first-order chi connectivity index (χ1) is 13.9. The van der Waals surface area contributed by atoms with Gasteiger partial charge >= 0.3 is 0 Å². The summed E-state index contributed by atoms with van der Waals surface area (Å²) in [5, 5.41) is 4.69. The van der Waals surface area contributed by atoms with Crippen LogP contribution in [0.5, 0.6) is 0 Å². The second kappa shape index (κ2) is 18.8. The maximum absolute atomic E-state index is 6.01. The molecule has 0 bridgehead atoms. The molecule has 0 aromatic carbocycles. The minimum Gasteiger partial charge on any atom is -0.400 e. The van der Waals surface area contributed by atoms with Gasteiger partial charge in [0.15, 0.2) is 0 Å². The van der Waals surface area contributed by atoms with E-state index in [1.807, 2.05) is 25.7 Å². The van der Waals surface area contributed by atoms with Gasteiger partial charge in [-0.25, -0.2) is 5.84 Å². The minimum absolute atomic E-state index is 0.515. The fourth-order valence-electron chi connectivity index (χ4n) is 2.09. The van der Waals surface area contributed by atoms with Crippen LogP contribution < -0.4 is 16.9 Å². The lowest BCUT2D eigenvalue weighted by molar-refractivity contribution is 0.0130. The summed E-state index contributed by atoms with van der Waals surface area (Å²) in [6.45, 7) is 15.8. The zero-order valence-corrected chi connectivity index (χ0v) is 19.3. The molecule has 0 unspecified atom stereocenters. The summed E-state index contributed by atoms with van der Waals surface area (Å²) >= 11 is 1.82. The summed E-state index contributed by atoms with van der Waals surface area (Å²) in [7, 11) is 2.05. The zero-order valence-electron chi connectivity index (χ0n) is 18.5. The van der Waals surface area contributed by atoms with Crippen molar-refractivity contribution >= 4 is 11.8 Å². The van der Waals surface area contributed by atoms with Gasteiger partial charge in [0.1, 0.15) is 0 Å². The monoisotopic (exact) mass is 431 g/mol. The van der Waals surface area contributed by atoms with Crippen LogP contribution in [-0.4, -0.2) is 94.8 Å². The van der Waals surface area contributed by atoms with E-state index in [4.69, 9.17) is 25.8 Å². The van der Waals surface area contributed by atoms with Crippen molar-refractivity contribution in [1.29, 1.82) is 0 Å². The van der Waals surface area contributed by atoms with Crippen molar-refractivity contribution in [3.05, 3.63) is 36.3 Å². The molecule has 170 valence electrons. The molecule has 9 heteroatoms. The molecule has 0 aliphatic carbocycles. The summed E-state index contributed by atoms with van der Waals surface area (Å²) in [6, 6.07) is 0. The Kier molecular flexibility index (Phi) is 18.0. The van der Waals surface area contributed by atoms with E-state index < -0.39 is 0 Å². The highest BCUT2D eigenvalue weighted by atomic mass is 32.2. The van der Waals surface area contributed by atoms with Crippen LogP contribution in [0.1, 0.15) is 6.92 Å².